The van der Waals surface area contributed by atoms with Crippen LogP contribution in [0.15, 0.2) is 0 Å². The molecule has 1 saturated heterocycles. The molecule has 6 heteroatoms. The van der Waals surface area contributed by atoms with Crippen molar-refractivity contribution in [1.82, 2.24) is 15.1 Å². The summed E-state index contributed by atoms with van der Waals surface area (Å²) in [5, 5.41) is 16.8. The standard InChI is InChI=1S/C10H16N6/c1-2-16-9(12)8(7-11)10(14-16)15-5-3-13-4-6-15/h13H,2-6,12H2,1H3. The van der Waals surface area contributed by atoms with Crippen molar-refractivity contribution >= 4 is 11.6 Å². The summed E-state index contributed by atoms with van der Waals surface area (Å²) in [6.45, 7) is 6.23. The highest BCUT2D eigenvalue weighted by Gasteiger charge is 2.21. The van der Waals surface area contributed by atoms with Crippen molar-refractivity contribution in [3.8, 4) is 6.07 Å². The second-order valence-electron chi connectivity index (χ2n) is 3.75. The molecule has 1 aromatic heterocycles. The smallest absolute Gasteiger partial charge is 0.171 e. The van der Waals surface area contributed by atoms with E-state index in [0.29, 0.717) is 17.9 Å². The van der Waals surface area contributed by atoms with Gasteiger partial charge in [0.1, 0.15) is 17.5 Å². The number of nitrogen functional groups attached to an aromatic ring is 1. The number of anilines is 2. The lowest BCUT2D eigenvalue weighted by atomic mass is 10.2. The maximum Gasteiger partial charge on any atom is 0.171 e. The molecule has 16 heavy (non-hydrogen) atoms. The molecule has 3 N–H and O–H groups in total. The third-order valence-electron chi connectivity index (χ3n) is 2.80. The molecule has 1 aliphatic heterocycles. The highest BCUT2D eigenvalue weighted by molar-refractivity contribution is 5.65. The number of nitrogens with zero attached hydrogens (tertiary/aromatic N) is 4. The van der Waals surface area contributed by atoms with Crippen LogP contribution in [0, 0.1) is 11.3 Å². The van der Waals surface area contributed by atoms with Crippen LogP contribution in [0.25, 0.3) is 0 Å². The van der Waals surface area contributed by atoms with Crippen molar-refractivity contribution in [2.45, 2.75) is 13.5 Å². The van der Waals surface area contributed by atoms with Gasteiger partial charge < -0.3 is 16.0 Å². The number of nitrogens with one attached hydrogen (secondary N) is 1. The maximum absolute atomic E-state index is 9.11. The van der Waals surface area contributed by atoms with Gasteiger partial charge in [-0.05, 0) is 6.92 Å². The number of piperazine rings is 1. The summed E-state index contributed by atoms with van der Waals surface area (Å²) in [4.78, 5) is 2.11. The molecule has 1 aromatic rings. The third kappa shape index (κ3) is 1.70. The van der Waals surface area contributed by atoms with Gasteiger partial charge in [0, 0.05) is 32.7 Å². The highest BCUT2D eigenvalue weighted by Crippen LogP contribution is 2.24. The van der Waals surface area contributed by atoms with Gasteiger partial charge in [0.15, 0.2) is 5.82 Å². The predicted molar refractivity (Wildman–Crippen MR) is 62.1 cm³/mol. The Morgan fingerprint density at radius 3 is 2.75 bits per heavy atom. The molecule has 0 amide bonds. The number of nitriles is 1. The number of hydrogen-bond donors (Lipinski definition) is 2. The van der Waals surface area contributed by atoms with E-state index < -0.39 is 0 Å². The quantitative estimate of drug-likeness (QED) is 0.719. The van der Waals surface area contributed by atoms with E-state index in [-0.39, 0.29) is 0 Å². The lowest BCUT2D eigenvalue weighted by Gasteiger charge is -2.27. The summed E-state index contributed by atoms with van der Waals surface area (Å²) in [7, 11) is 0. The molecule has 2 heterocycles. The fourth-order valence-corrected chi connectivity index (χ4v) is 1.91. The first kappa shape index (κ1) is 10.8. The average molecular weight is 220 g/mol. The summed E-state index contributed by atoms with van der Waals surface area (Å²) >= 11 is 0. The van der Waals surface area contributed by atoms with Gasteiger partial charge in [-0.1, -0.05) is 0 Å². The number of aryl methyl sites for hydroxylation is 1. The van der Waals surface area contributed by atoms with Crippen LogP contribution in [-0.2, 0) is 6.54 Å². The van der Waals surface area contributed by atoms with Crippen LogP contribution in [0.3, 0.4) is 0 Å². The Morgan fingerprint density at radius 1 is 1.50 bits per heavy atom. The van der Waals surface area contributed by atoms with Crippen LogP contribution in [-0.4, -0.2) is 36.0 Å². The molecule has 0 aliphatic carbocycles. The monoisotopic (exact) mass is 220 g/mol. The summed E-state index contributed by atoms with van der Waals surface area (Å²) in [6.07, 6.45) is 0. The van der Waals surface area contributed by atoms with Crippen molar-refractivity contribution in [2.75, 3.05) is 36.8 Å². The van der Waals surface area contributed by atoms with Gasteiger partial charge in [0.2, 0.25) is 0 Å². The fourth-order valence-electron chi connectivity index (χ4n) is 1.91. The SMILES string of the molecule is CCn1nc(N2CCNCC2)c(C#N)c1N. The predicted octanol–water partition coefficient (Wildman–Crippen LogP) is -0.234. The molecule has 2 rings (SSSR count). The van der Waals surface area contributed by atoms with E-state index in [0.717, 1.165) is 32.0 Å². The fraction of sp³-hybridized carbons (Fsp3) is 0.600. The molecular formula is C10H16N6. The average Bonchev–Trinajstić information content (AvgIpc) is 2.66. The summed E-state index contributed by atoms with van der Waals surface area (Å²) < 4.78 is 1.68. The van der Waals surface area contributed by atoms with E-state index in [1.165, 1.54) is 0 Å². The first-order valence-corrected chi connectivity index (χ1v) is 5.50. The normalized spacial score (nSPS) is 16.1. The molecule has 1 aliphatic rings. The third-order valence-corrected chi connectivity index (χ3v) is 2.80. The maximum atomic E-state index is 9.11. The van der Waals surface area contributed by atoms with Crippen LogP contribution in [0.2, 0.25) is 0 Å². The lowest BCUT2D eigenvalue weighted by Crippen LogP contribution is -2.44. The molecule has 0 atom stereocenters. The van der Waals surface area contributed by atoms with E-state index in [1.54, 1.807) is 4.68 Å². The van der Waals surface area contributed by atoms with Crippen molar-refractivity contribution < 1.29 is 0 Å². The van der Waals surface area contributed by atoms with Crippen molar-refractivity contribution in [3.05, 3.63) is 5.56 Å². The minimum Gasteiger partial charge on any atom is -0.383 e. The zero-order valence-electron chi connectivity index (χ0n) is 9.40. The van der Waals surface area contributed by atoms with Crippen LogP contribution in [0.4, 0.5) is 11.6 Å². The zero-order valence-corrected chi connectivity index (χ0v) is 9.40. The molecule has 0 aromatic carbocycles. The second-order valence-corrected chi connectivity index (χ2v) is 3.75. The molecule has 0 radical (unpaired) electrons. The molecular weight excluding hydrogens is 204 g/mol. The molecule has 0 saturated carbocycles. The molecule has 0 bridgehead atoms. The Bertz CT molecular complexity index is 410. The van der Waals surface area contributed by atoms with Crippen LogP contribution in [0.5, 0.6) is 0 Å². The largest absolute Gasteiger partial charge is 0.383 e. The summed E-state index contributed by atoms with van der Waals surface area (Å²) in [6, 6.07) is 2.15. The van der Waals surface area contributed by atoms with E-state index in [4.69, 9.17) is 11.0 Å². The van der Waals surface area contributed by atoms with Crippen LogP contribution in [0.1, 0.15) is 12.5 Å². The first-order chi connectivity index (χ1) is 7.77. The summed E-state index contributed by atoms with van der Waals surface area (Å²) in [5.41, 5.74) is 6.37. The Morgan fingerprint density at radius 2 is 2.19 bits per heavy atom. The number of hydrogen-bond acceptors (Lipinski definition) is 5. The first-order valence-electron chi connectivity index (χ1n) is 5.50. The Labute approximate surface area is 94.6 Å². The molecule has 0 unspecified atom stereocenters. The van der Waals surface area contributed by atoms with Gasteiger partial charge in [-0.2, -0.15) is 10.4 Å². The van der Waals surface area contributed by atoms with E-state index in [2.05, 4.69) is 21.4 Å². The van der Waals surface area contributed by atoms with Gasteiger partial charge in [-0.3, -0.25) is 0 Å². The molecule has 1 fully saturated rings. The van der Waals surface area contributed by atoms with E-state index >= 15 is 0 Å². The number of aromatic nitrogens is 2. The lowest BCUT2D eigenvalue weighted by molar-refractivity contribution is 0.576. The minimum atomic E-state index is 0.471. The minimum absolute atomic E-state index is 0.471. The Balaban J connectivity index is 2.35. The molecule has 6 nitrogen and oxygen atoms in total. The summed E-state index contributed by atoms with van der Waals surface area (Å²) in [5.74, 6) is 1.20. The van der Waals surface area contributed by atoms with Gasteiger partial charge in [-0.15, -0.1) is 0 Å². The van der Waals surface area contributed by atoms with Crippen molar-refractivity contribution in [1.29, 1.82) is 5.26 Å². The van der Waals surface area contributed by atoms with Gasteiger partial charge in [-0.25, -0.2) is 4.68 Å². The van der Waals surface area contributed by atoms with Crippen molar-refractivity contribution in [2.24, 2.45) is 0 Å². The zero-order chi connectivity index (χ0) is 11.5. The second kappa shape index (κ2) is 4.41. The van der Waals surface area contributed by atoms with E-state index in [9.17, 15) is 0 Å². The van der Waals surface area contributed by atoms with Gasteiger partial charge in [0.05, 0.1) is 0 Å². The van der Waals surface area contributed by atoms with Crippen LogP contribution >= 0.6 is 0 Å². The number of nitrogens with two attached hydrogens (primary N) is 1. The number of rotatable bonds is 2. The van der Waals surface area contributed by atoms with E-state index in [1.807, 2.05) is 6.92 Å². The van der Waals surface area contributed by atoms with Crippen LogP contribution < -0.4 is 16.0 Å². The van der Waals surface area contributed by atoms with Crippen molar-refractivity contribution in [3.63, 3.8) is 0 Å². The molecule has 86 valence electrons. The van der Waals surface area contributed by atoms with Gasteiger partial charge in [0.25, 0.3) is 0 Å². The molecule has 0 spiro atoms. The Kier molecular flexibility index (Phi) is 2.97. The highest BCUT2D eigenvalue weighted by atomic mass is 15.4. The Hall–Kier alpha value is -1.74. The van der Waals surface area contributed by atoms with Gasteiger partial charge >= 0.3 is 0 Å². The topological polar surface area (TPSA) is 82.9 Å².